The molecule has 0 spiro atoms. The van der Waals surface area contributed by atoms with Gasteiger partial charge in [-0.2, -0.15) is 4.21 Å². The molecule has 2 unspecified atom stereocenters. The summed E-state index contributed by atoms with van der Waals surface area (Å²) in [5, 5.41) is 2.98. The van der Waals surface area contributed by atoms with Crippen molar-refractivity contribution in [1.82, 2.24) is 5.32 Å². The number of piperidine rings is 1. The summed E-state index contributed by atoms with van der Waals surface area (Å²) in [6.45, 7) is 0.877. The molecule has 0 bridgehead atoms. The van der Waals surface area contributed by atoms with Crippen LogP contribution in [-0.4, -0.2) is 21.5 Å². The summed E-state index contributed by atoms with van der Waals surface area (Å²) < 4.78 is 23.0. The van der Waals surface area contributed by atoms with Crippen LogP contribution in [0.1, 0.15) is 19.3 Å². The van der Waals surface area contributed by atoms with Crippen molar-refractivity contribution >= 4 is 11.4 Å². The highest BCUT2D eigenvalue weighted by Gasteiger charge is 2.14. The van der Waals surface area contributed by atoms with Crippen LogP contribution >= 0.6 is 0 Å². The molecule has 1 aliphatic rings. The van der Waals surface area contributed by atoms with E-state index in [0.29, 0.717) is 0 Å². The van der Waals surface area contributed by atoms with E-state index in [-0.39, 0.29) is 6.23 Å². The third kappa shape index (κ3) is 2.74. The predicted octanol–water partition coefficient (Wildman–Crippen LogP) is 0.239. The topological polar surface area (TPSA) is 58.6 Å². The van der Waals surface area contributed by atoms with E-state index in [9.17, 15) is 4.21 Å². The number of nitrogens with one attached hydrogen (secondary N) is 1. The molecule has 0 aromatic carbocycles. The molecule has 0 saturated carbocycles. The molecule has 1 heterocycles. The zero-order chi connectivity index (χ0) is 7.40. The fraction of sp³-hybridized carbons (Fsp3) is 1.00. The number of hydrogen-bond donors (Lipinski definition) is 2. The normalized spacial score (nSPS) is 29.9. The van der Waals surface area contributed by atoms with Crippen molar-refractivity contribution in [2.45, 2.75) is 25.5 Å². The largest absolute Gasteiger partial charge is 0.303 e. The molecular formula is C5H11NO3S. The maximum atomic E-state index is 10.1. The van der Waals surface area contributed by atoms with Crippen molar-refractivity contribution in [1.29, 1.82) is 0 Å². The average molecular weight is 165 g/mol. The van der Waals surface area contributed by atoms with Gasteiger partial charge >= 0.3 is 11.4 Å². The molecule has 1 aliphatic heterocycles. The summed E-state index contributed by atoms with van der Waals surface area (Å²) in [7, 11) is 0. The van der Waals surface area contributed by atoms with Crippen LogP contribution in [0, 0.1) is 0 Å². The van der Waals surface area contributed by atoms with Crippen molar-refractivity contribution in [2.75, 3.05) is 6.54 Å². The molecule has 4 nitrogen and oxygen atoms in total. The fourth-order valence-corrected chi connectivity index (χ4v) is 1.36. The van der Waals surface area contributed by atoms with Crippen molar-refractivity contribution in [3.05, 3.63) is 0 Å². The molecule has 0 aromatic rings. The second-order valence-electron chi connectivity index (χ2n) is 2.25. The first-order valence-corrected chi connectivity index (χ1v) is 4.33. The summed E-state index contributed by atoms with van der Waals surface area (Å²) in [4.78, 5) is 0. The van der Waals surface area contributed by atoms with Gasteiger partial charge in [0.1, 0.15) is 6.23 Å². The fourth-order valence-electron chi connectivity index (χ4n) is 1.00. The Morgan fingerprint density at radius 2 is 2.40 bits per heavy atom. The lowest BCUT2D eigenvalue weighted by Gasteiger charge is -2.20. The highest BCUT2D eigenvalue weighted by Crippen LogP contribution is 2.08. The number of hydrogen-bond acceptors (Lipinski definition) is 3. The van der Waals surface area contributed by atoms with Gasteiger partial charge < -0.3 is 0 Å². The van der Waals surface area contributed by atoms with E-state index >= 15 is 0 Å². The molecule has 0 aliphatic carbocycles. The molecule has 1 fully saturated rings. The van der Waals surface area contributed by atoms with Gasteiger partial charge in [0.15, 0.2) is 0 Å². The maximum Gasteiger partial charge on any atom is 0.303 e. The molecular weight excluding hydrogens is 154 g/mol. The van der Waals surface area contributed by atoms with Crippen LogP contribution in [0.25, 0.3) is 0 Å². The molecule has 1 saturated heterocycles. The Morgan fingerprint density at radius 3 is 2.90 bits per heavy atom. The third-order valence-electron chi connectivity index (χ3n) is 1.46. The molecule has 0 amide bonds. The van der Waals surface area contributed by atoms with Gasteiger partial charge in [-0.1, -0.05) is 0 Å². The van der Waals surface area contributed by atoms with E-state index in [0.717, 1.165) is 25.8 Å². The van der Waals surface area contributed by atoms with E-state index < -0.39 is 11.4 Å². The van der Waals surface area contributed by atoms with Crippen LogP contribution in [0.3, 0.4) is 0 Å². The van der Waals surface area contributed by atoms with Crippen molar-refractivity contribution in [3.63, 3.8) is 0 Å². The standard InChI is InChI=1S/C5H11NO3S/c7-10(8)9-5-3-1-2-4-6-5/h5-6H,1-4H2,(H,7,8). The van der Waals surface area contributed by atoms with Gasteiger partial charge in [-0.3, -0.25) is 9.87 Å². The van der Waals surface area contributed by atoms with Gasteiger partial charge in [0.2, 0.25) is 0 Å². The minimum Gasteiger partial charge on any atom is -0.291 e. The van der Waals surface area contributed by atoms with Crippen LogP contribution in [0.2, 0.25) is 0 Å². The van der Waals surface area contributed by atoms with Crippen molar-refractivity contribution < 1.29 is 12.9 Å². The van der Waals surface area contributed by atoms with E-state index in [1.54, 1.807) is 0 Å². The van der Waals surface area contributed by atoms with Crippen LogP contribution in [0.5, 0.6) is 0 Å². The SMILES string of the molecule is O=S(O)OC1CCCCN1. The van der Waals surface area contributed by atoms with Crippen LogP contribution in [0.15, 0.2) is 0 Å². The molecule has 2 N–H and O–H groups in total. The minimum absolute atomic E-state index is 0.223. The summed E-state index contributed by atoms with van der Waals surface area (Å²) in [5.74, 6) is 0. The molecule has 5 heteroatoms. The van der Waals surface area contributed by atoms with Gasteiger partial charge in [0, 0.05) is 0 Å². The molecule has 0 radical (unpaired) electrons. The van der Waals surface area contributed by atoms with Gasteiger partial charge in [0.05, 0.1) is 0 Å². The monoisotopic (exact) mass is 165 g/mol. The first-order chi connectivity index (χ1) is 4.79. The summed E-state index contributed by atoms with van der Waals surface area (Å²) in [5.41, 5.74) is 0. The van der Waals surface area contributed by atoms with Crippen LogP contribution < -0.4 is 5.32 Å². The first-order valence-electron chi connectivity index (χ1n) is 3.30. The average Bonchev–Trinajstić information content (AvgIpc) is 1.88. The van der Waals surface area contributed by atoms with Crippen LogP contribution in [-0.2, 0) is 15.5 Å². The van der Waals surface area contributed by atoms with E-state index in [4.69, 9.17) is 4.55 Å². The second-order valence-corrected chi connectivity index (χ2v) is 2.88. The highest BCUT2D eigenvalue weighted by molar-refractivity contribution is 7.74. The van der Waals surface area contributed by atoms with E-state index in [1.807, 2.05) is 0 Å². The second kappa shape index (κ2) is 4.02. The van der Waals surface area contributed by atoms with Crippen LogP contribution in [0.4, 0.5) is 0 Å². The molecule has 0 aromatic heterocycles. The molecule has 10 heavy (non-hydrogen) atoms. The Morgan fingerprint density at radius 1 is 1.60 bits per heavy atom. The van der Waals surface area contributed by atoms with Gasteiger partial charge in [0.25, 0.3) is 0 Å². The van der Waals surface area contributed by atoms with E-state index in [2.05, 4.69) is 9.50 Å². The Labute approximate surface area is 62.4 Å². The highest BCUT2D eigenvalue weighted by atomic mass is 32.2. The van der Waals surface area contributed by atoms with Gasteiger partial charge in [-0.25, -0.2) is 4.18 Å². The summed E-state index contributed by atoms with van der Waals surface area (Å²) in [6, 6.07) is 0. The number of rotatable bonds is 2. The quantitative estimate of drug-likeness (QED) is 0.575. The minimum atomic E-state index is -2.13. The third-order valence-corrected chi connectivity index (χ3v) is 1.86. The zero-order valence-electron chi connectivity index (χ0n) is 5.58. The molecule has 60 valence electrons. The predicted molar refractivity (Wildman–Crippen MR) is 37.5 cm³/mol. The van der Waals surface area contributed by atoms with Gasteiger partial charge in [-0.15, -0.1) is 0 Å². The lowest BCUT2D eigenvalue weighted by atomic mass is 10.1. The van der Waals surface area contributed by atoms with E-state index in [1.165, 1.54) is 0 Å². The lowest BCUT2D eigenvalue weighted by molar-refractivity contribution is 0.136. The Bertz CT molecular complexity index is 124. The molecule has 2 atom stereocenters. The Balaban J connectivity index is 2.19. The zero-order valence-corrected chi connectivity index (χ0v) is 6.39. The molecule has 1 rings (SSSR count). The smallest absolute Gasteiger partial charge is 0.291 e. The lowest BCUT2D eigenvalue weighted by Crippen LogP contribution is -2.36. The maximum absolute atomic E-state index is 10.1. The van der Waals surface area contributed by atoms with Gasteiger partial charge in [-0.05, 0) is 25.8 Å². The Kier molecular flexibility index (Phi) is 3.27. The Hall–Kier alpha value is 0.0300. The summed E-state index contributed by atoms with van der Waals surface area (Å²) in [6.07, 6.45) is 2.79. The summed E-state index contributed by atoms with van der Waals surface area (Å²) >= 11 is -2.13. The first kappa shape index (κ1) is 8.13. The van der Waals surface area contributed by atoms with Crippen molar-refractivity contribution in [2.24, 2.45) is 0 Å². The van der Waals surface area contributed by atoms with Crippen molar-refractivity contribution in [3.8, 4) is 0 Å².